The van der Waals surface area contributed by atoms with Gasteiger partial charge in [0.15, 0.2) is 6.61 Å². The van der Waals surface area contributed by atoms with E-state index in [4.69, 9.17) is 27.9 Å². The van der Waals surface area contributed by atoms with Crippen LogP contribution in [0.1, 0.15) is 32.8 Å². The quantitative estimate of drug-likeness (QED) is 0.619. The highest BCUT2D eigenvalue weighted by Gasteiger charge is 2.27. The SMILES string of the molecule is CC[C@H](C)NC(=O)[C@@H](C)N(Cc1ccccc1Cl)C(=O)COc1ccc(Cl)cc1. The summed E-state index contributed by atoms with van der Waals surface area (Å²) in [6.45, 7) is 5.62. The molecule has 2 amide bonds. The standard InChI is InChI=1S/C22H26Cl2N2O3/c1-4-15(2)25-22(28)16(3)26(13-17-7-5-6-8-20(17)24)21(27)14-29-19-11-9-18(23)10-12-19/h5-12,15-16H,4,13-14H2,1-3H3,(H,25,28)/t15-,16+/m0/s1. The Morgan fingerprint density at radius 3 is 2.34 bits per heavy atom. The molecule has 0 heterocycles. The second-order valence-corrected chi connectivity index (χ2v) is 7.69. The van der Waals surface area contributed by atoms with Gasteiger partial charge in [0.1, 0.15) is 11.8 Å². The van der Waals surface area contributed by atoms with Crippen LogP contribution in [0, 0.1) is 0 Å². The molecule has 0 radical (unpaired) electrons. The van der Waals surface area contributed by atoms with E-state index in [1.54, 1.807) is 37.3 Å². The average molecular weight is 437 g/mol. The molecule has 0 aliphatic heterocycles. The molecule has 2 atom stereocenters. The maximum Gasteiger partial charge on any atom is 0.261 e. The van der Waals surface area contributed by atoms with E-state index in [0.29, 0.717) is 15.8 Å². The van der Waals surface area contributed by atoms with E-state index in [9.17, 15) is 9.59 Å². The minimum Gasteiger partial charge on any atom is -0.484 e. The highest BCUT2D eigenvalue weighted by molar-refractivity contribution is 6.31. The third kappa shape index (κ3) is 6.94. The van der Waals surface area contributed by atoms with Gasteiger partial charge < -0.3 is 15.0 Å². The van der Waals surface area contributed by atoms with Crippen LogP contribution in [-0.4, -0.2) is 35.4 Å². The monoisotopic (exact) mass is 436 g/mol. The highest BCUT2D eigenvalue weighted by Crippen LogP contribution is 2.20. The Morgan fingerprint density at radius 2 is 1.72 bits per heavy atom. The maximum atomic E-state index is 13.0. The second kappa shape index (κ2) is 11.1. The minimum absolute atomic E-state index is 0.0209. The van der Waals surface area contributed by atoms with E-state index >= 15 is 0 Å². The van der Waals surface area contributed by atoms with Crippen LogP contribution in [0.2, 0.25) is 10.0 Å². The van der Waals surface area contributed by atoms with Gasteiger partial charge in [0, 0.05) is 22.6 Å². The van der Waals surface area contributed by atoms with Crippen molar-refractivity contribution in [2.24, 2.45) is 0 Å². The van der Waals surface area contributed by atoms with Crippen LogP contribution < -0.4 is 10.1 Å². The Morgan fingerprint density at radius 1 is 1.07 bits per heavy atom. The lowest BCUT2D eigenvalue weighted by atomic mass is 10.1. The van der Waals surface area contributed by atoms with Crippen molar-refractivity contribution in [1.82, 2.24) is 10.2 Å². The molecule has 5 nitrogen and oxygen atoms in total. The first-order chi connectivity index (χ1) is 13.8. The Bertz CT molecular complexity index is 827. The normalized spacial score (nSPS) is 12.7. The molecule has 156 valence electrons. The summed E-state index contributed by atoms with van der Waals surface area (Å²) in [4.78, 5) is 27.1. The molecule has 0 fully saturated rings. The number of hydrogen-bond acceptors (Lipinski definition) is 3. The van der Waals surface area contributed by atoms with Crippen molar-refractivity contribution in [3.63, 3.8) is 0 Å². The number of carbonyl (C=O) groups is 2. The third-order valence-electron chi connectivity index (χ3n) is 4.64. The number of rotatable bonds is 9. The number of nitrogens with zero attached hydrogens (tertiary/aromatic N) is 1. The number of ether oxygens (including phenoxy) is 1. The van der Waals surface area contributed by atoms with Crippen LogP contribution in [0.25, 0.3) is 0 Å². The van der Waals surface area contributed by atoms with Crippen molar-refractivity contribution < 1.29 is 14.3 Å². The van der Waals surface area contributed by atoms with Gasteiger partial charge in [-0.25, -0.2) is 0 Å². The van der Waals surface area contributed by atoms with Crippen molar-refractivity contribution in [3.8, 4) is 5.75 Å². The van der Waals surface area contributed by atoms with E-state index in [1.165, 1.54) is 4.90 Å². The summed E-state index contributed by atoms with van der Waals surface area (Å²) in [6, 6.07) is 13.3. The Balaban J connectivity index is 2.15. The molecule has 0 unspecified atom stereocenters. The molecule has 7 heteroatoms. The van der Waals surface area contributed by atoms with E-state index in [1.807, 2.05) is 32.0 Å². The van der Waals surface area contributed by atoms with Crippen molar-refractivity contribution in [2.75, 3.05) is 6.61 Å². The van der Waals surface area contributed by atoms with Crippen LogP contribution in [0.4, 0.5) is 0 Å². The molecule has 0 saturated carbocycles. The summed E-state index contributed by atoms with van der Waals surface area (Å²) >= 11 is 12.1. The van der Waals surface area contributed by atoms with Gasteiger partial charge in [-0.3, -0.25) is 9.59 Å². The van der Waals surface area contributed by atoms with E-state index < -0.39 is 6.04 Å². The maximum absolute atomic E-state index is 13.0. The van der Waals surface area contributed by atoms with Gasteiger partial charge >= 0.3 is 0 Å². The predicted molar refractivity (Wildman–Crippen MR) is 116 cm³/mol. The Kier molecular flexibility index (Phi) is 8.80. The lowest BCUT2D eigenvalue weighted by Gasteiger charge is -2.30. The number of hydrogen-bond donors (Lipinski definition) is 1. The fraction of sp³-hybridized carbons (Fsp3) is 0.364. The fourth-order valence-electron chi connectivity index (χ4n) is 2.62. The highest BCUT2D eigenvalue weighted by atomic mass is 35.5. The number of carbonyl (C=O) groups excluding carboxylic acids is 2. The first kappa shape index (κ1) is 23.0. The molecule has 0 aromatic heterocycles. The van der Waals surface area contributed by atoms with Crippen molar-refractivity contribution in [2.45, 2.75) is 45.8 Å². The van der Waals surface area contributed by atoms with Crippen LogP contribution in [0.15, 0.2) is 48.5 Å². The summed E-state index contributed by atoms with van der Waals surface area (Å²) in [6.07, 6.45) is 0.802. The van der Waals surface area contributed by atoms with Gasteiger partial charge in [-0.2, -0.15) is 0 Å². The van der Waals surface area contributed by atoms with Gasteiger partial charge in [0.2, 0.25) is 5.91 Å². The third-order valence-corrected chi connectivity index (χ3v) is 5.26. The van der Waals surface area contributed by atoms with Crippen molar-refractivity contribution in [3.05, 3.63) is 64.1 Å². The molecule has 29 heavy (non-hydrogen) atoms. The zero-order chi connectivity index (χ0) is 21.4. The zero-order valence-electron chi connectivity index (χ0n) is 16.8. The van der Waals surface area contributed by atoms with Crippen LogP contribution in [0.5, 0.6) is 5.75 Å². The van der Waals surface area contributed by atoms with Gasteiger partial charge in [0.25, 0.3) is 5.91 Å². The van der Waals surface area contributed by atoms with Gasteiger partial charge in [0.05, 0.1) is 0 Å². The van der Waals surface area contributed by atoms with Crippen LogP contribution in [0.3, 0.4) is 0 Å². The molecule has 0 saturated heterocycles. The Labute approximate surface area is 181 Å². The fourth-order valence-corrected chi connectivity index (χ4v) is 2.94. The minimum atomic E-state index is -0.679. The first-order valence-electron chi connectivity index (χ1n) is 9.53. The second-order valence-electron chi connectivity index (χ2n) is 6.85. The molecular weight excluding hydrogens is 411 g/mol. The summed E-state index contributed by atoms with van der Waals surface area (Å²) < 4.78 is 5.59. The molecule has 2 aromatic carbocycles. The molecule has 0 spiro atoms. The number of amides is 2. The summed E-state index contributed by atoms with van der Waals surface area (Å²) in [5, 5.41) is 4.05. The Hall–Kier alpha value is -2.24. The topological polar surface area (TPSA) is 58.6 Å². The molecule has 0 bridgehead atoms. The summed E-state index contributed by atoms with van der Waals surface area (Å²) in [5.41, 5.74) is 0.761. The van der Waals surface area contributed by atoms with Crippen LogP contribution >= 0.6 is 23.2 Å². The van der Waals surface area contributed by atoms with E-state index in [2.05, 4.69) is 5.32 Å². The lowest BCUT2D eigenvalue weighted by Crippen LogP contribution is -2.50. The largest absolute Gasteiger partial charge is 0.484 e. The number of halogens is 2. The van der Waals surface area contributed by atoms with Gasteiger partial charge in [-0.15, -0.1) is 0 Å². The van der Waals surface area contributed by atoms with E-state index in [-0.39, 0.29) is 31.0 Å². The first-order valence-corrected chi connectivity index (χ1v) is 10.3. The molecule has 2 aromatic rings. The number of benzene rings is 2. The average Bonchev–Trinajstić information content (AvgIpc) is 2.71. The van der Waals surface area contributed by atoms with Crippen molar-refractivity contribution >= 4 is 35.0 Å². The smallest absolute Gasteiger partial charge is 0.261 e. The molecule has 2 rings (SSSR count). The molecule has 1 N–H and O–H groups in total. The summed E-state index contributed by atoms with van der Waals surface area (Å²) in [5.74, 6) is -0.00456. The van der Waals surface area contributed by atoms with Crippen molar-refractivity contribution in [1.29, 1.82) is 0 Å². The molecular formula is C22H26Cl2N2O3. The zero-order valence-corrected chi connectivity index (χ0v) is 18.3. The summed E-state index contributed by atoms with van der Waals surface area (Å²) in [7, 11) is 0. The van der Waals surface area contributed by atoms with Gasteiger partial charge in [-0.1, -0.05) is 48.3 Å². The molecule has 0 aliphatic carbocycles. The predicted octanol–water partition coefficient (Wildman–Crippen LogP) is 4.70. The molecule has 0 aliphatic rings. The van der Waals surface area contributed by atoms with E-state index in [0.717, 1.165) is 12.0 Å². The number of nitrogens with one attached hydrogen (secondary N) is 1. The van der Waals surface area contributed by atoms with Gasteiger partial charge in [-0.05, 0) is 56.2 Å². The lowest BCUT2D eigenvalue weighted by molar-refractivity contribution is -0.142. The van der Waals surface area contributed by atoms with Crippen LogP contribution in [-0.2, 0) is 16.1 Å².